The molecule has 7 nitrogen and oxygen atoms in total. The molecule has 0 atom stereocenters. The van der Waals surface area contributed by atoms with Crippen LogP contribution >= 0.6 is 11.3 Å². The minimum atomic E-state index is -1.21. The minimum Gasteiger partial charge on any atom is -0.477 e. The van der Waals surface area contributed by atoms with Gasteiger partial charge >= 0.3 is 5.97 Å². The van der Waals surface area contributed by atoms with Gasteiger partial charge in [-0.05, 0) is 44.0 Å². The van der Waals surface area contributed by atoms with E-state index in [1.54, 1.807) is 0 Å². The average Bonchev–Trinajstić information content (AvgIpc) is 3.29. The summed E-state index contributed by atoms with van der Waals surface area (Å²) in [5.74, 6) is -2.56. The highest BCUT2D eigenvalue weighted by atomic mass is 32.1. The van der Waals surface area contributed by atoms with Gasteiger partial charge in [-0.3, -0.25) is 9.59 Å². The second-order valence-corrected chi connectivity index (χ2v) is 6.74. The van der Waals surface area contributed by atoms with Gasteiger partial charge in [0.25, 0.3) is 0 Å². The fourth-order valence-corrected chi connectivity index (χ4v) is 3.13. The van der Waals surface area contributed by atoms with Crippen LogP contribution in [0.5, 0.6) is 0 Å². The van der Waals surface area contributed by atoms with Crippen LogP contribution in [0.15, 0.2) is 24.3 Å². The molecule has 25 heavy (non-hydrogen) atoms. The summed E-state index contributed by atoms with van der Waals surface area (Å²) in [4.78, 5) is 39.9. The van der Waals surface area contributed by atoms with Crippen LogP contribution in [-0.4, -0.2) is 27.9 Å². The van der Waals surface area contributed by atoms with Crippen molar-refractivity contribution in [2.45, 2.75) is 19.8 Å². The molecule has 0 unspecified atom stereocenters. The second-order valence-electron chi connectivity index (χ2n) is 5.74. The van der Waals surface area contributed by atoms with E-state index in [-0.39, 0.29) is 10.0 Å². The topological polar surface area (TPSA) is 108 Å². The van der Waals surface area contributed by atoms with Crippen molar-refractivity contribution in [1.29, 1.82) is 0 Å². The zero-order chi connectivity index (χ0) is 18.2. The Balaban J connectivity index is 1.70. The molecular formula is C16H14FN3O4S. The third-order valence-corrected chi connectivity index (χ3v) is 4.99. The fourth-order valence-electron chi connectivity index (χ4n) is 2.33. The molecule has 2 amide bonds. The zero-order valence-corrected chi connectivity index (χ0v) is 13.9. The van der Waals surface area contributed by atoms with Crippen LogP contribution in [0.4, 0.5) is 15.2 Å². The Morgan fingerprint density at radius 2 is 1.76 bits per heavy atom. The molecular weight excluding hydrogens is 349 g/mol. The van der Waals surface area contributed by atoms with E-state index in [1.807, 2.05) is 0 Å². The van der Waals surface area contributed by atoms with Crippen LogP contribution in [0, 0.1) is 18.2 Å². The maximum Gasteiger partial charge on any atom is 0.347 e. The number of rotatable bonds is 5. The standard InChI is InChI=1S/C16H14FN3O4S/c1-8-11(12(21)22)25-15(18-8)20-14(24)16(6-7-16)13(23)19-10-4-2-9(17)3-5-10/h2-5H,6-7H2,1H3,(H,19,23)(H,21,22)(H,18,20,24). The van der Waals surface area contributed by atoms with Crippen molar-refractivity contribution in [3.8, 4) is 0 Å². The first-order valence-corrected chi connectivity index (χ1v) is 8.23. The van der Waals surface area contributed by atoms with Gasteiger partial charge in [0.05, 0.1) is 5.69 Å². The number of carboxylic acids is 1. The van der Waals surface area contributed by atoms with Gasteiger partial charge in [0.1, 0.15) is 16.1 Å². The molecule has 0 radical (unpaired) electrons. The fraction of sp³-hybridized carbons (Fsp3) is 0.250. The van der Waals surface area contributed by atoms with Gasteiger partial charge in [-0.2, -0.15) is 0 Å². The number of aromatic nitrogens is 1. The first-order valence-electron chi connectivity index (χ1n) is 7.41. The van der Waals surface area contributed by atoms with Crippen molar-refractivity contribution < 1.29 is 23.9 Å². The predicted molar refractivity (Wildman–Crippen MR) is 89.1 cm³/mol. The van der Waals surface area contributed by atoms with Crippen LogP contribution < -0.4 is 10.6 Å². The van der Waals surface area contributed by atoms with Crippen molar-refractivity contribution in [3.05, 3.63) is 40.7 Å². The molecule has 2 aromatic rings. The van der Waals surface area contributed by atoms with Gasteiger partial charge in [0.15, 0.2) is 5.13 Å². The highest BCUT2D eigenvalue weighted by Gasteiger charge is 2.56. The van der Waals surface area contributed by atoms with Crippen LogP contribution in [0.25, 0.3) is 0 Å². The molecule has 1 saturated carbocycles. The first kappa shape index (κ1) is 17.0. The molecule has 0 spiro atoms. The van der Waals surface area contributed by atoms with Gasteiger partial charge < -0.3 is 15.7 Å². The van der Waals surface area contributed by atoms with Crippen molar-refractivity contribution in [2.75, 3.05) is 10.6 Å². The van der Waals surface area contributed by atoms with Gasteiger partial charge in [0, 0.05) is 5.69 Å². The summed E-state index contributed by atoms with van der Waals surface area (Å²) in [5, 5.41) is 14.3. The first-order chi connectivity index (χ1) is 11.8. The quantitative estimate of drug-likeness (QED) is 0.708. The largest absolute Gasteiger partial charge is 0.477 e. The molecule has 1 heterocycles. The molecule has 1 aromatic heterocycles. The number of carboxylic acid groups (broad SMARTS) is 1. The molecule has 130 valence electrons. The molecule has 0 bridgehead atoms. The number of anilines is 2. The summed E-state index contributed by atoms with van der Waals surface area (Å²) in [6, 6.07) is 5.23. The van der Waals surface area contributed by atoms with E-state index < -0.39 is 29.0 Å². The number of nitrogens with one attached hydrogen (secondary N) is 2. The van der Waals surface area contributed by atoms with Crippen LogP contribution in [0.2, 0.25) is 0 Å². The molecule has 1 aliphatic rings. The number of hydrogen-bond acceptors (Lipinski definition) is 5. The molecule has 3 N–H and O–H groups in total. The lowest BCUT2D eigenvalue weighted by Gasteiger charge is -2.14. The Morgan fingerprint density at radius 3 is 2.28 bits per heavy atom. The lowest BCUT2D eigenvalue weighted by atomic mass is 10.1. The normalized spacial score (nSPS) is 14.6. The lowest BCUT2D eigenvalue weighted by molar-refractivity contribution is -0.131. The zero-order valence-electron chi connectivity index (χ0n) is 13.1. The Hall–Kier alpha value is -2.81. The van der Waals surface area contributed by atoms with Crippen molar-refractivity contribution in [3.63, 3.8) is 0 Å². The number of benzene rings is 1. The maximum atomic E-state index is 12.9. The van der Waals surface area contributed by atoms with E-state index in [0.717, 1.165) is 11.3 Å². The third kappa shape index (κ3) is 3.36. The molecule has 1 fully saturated rings. The van der Waals surface area contributed by atoms with E-state index in [0.29, 0.717) is 24.2 Å². The van der Waals surface area contributed by atoms with Crippen LogP contribution in [0.3, 0.4) is 0 Å². The predicted octanol–water partition coefficient (Wildman–Crippen LogP) is 2.65. The number of carbonyl (C=O) groups excluding carboxylic acids is 2. The summed E-state index contributed by atoms with van der Waals surface area (Å²) in [6.07, 6.45) is 0.754. The lowest BCUT2D eigenvalue weighted by Crippen LogP contribution is -2.35. The number of nitrogens with zero attached hydrogens (tertiary/aromatic N) is 1. The second kappa shape index (κ2) is 6.25. The van der Waals surface area contributed by atoms with E-state index >= 15 is 0 Å². The molecule has 1 aromatic carbocycles. The molecule has 9 heteroatoms. The van der Waals surface area contributed by atoms with Gasteiger partial charge in [-0.25, -0.2) is 14.2 Å². The summed E-state index contributed by atoms with van der Waals surface area (Å²) in [6.45, 7) is 1.53. The summed E-state index contributed by atoms with van der Waals surface area (Å²) < 4.78 is 12.9. The number of halogens is 1. The SMILES string of the molecule is Cc1nc(NC(=O)C2(C(=O)Nc3ccc(F)cc3)CC2)sc1C(=O)O. The number of amides is 2. The molecule has 1 aliphatic carbocycles. The molecule has 0 saturated heterocycles. The Labute approximate surface area is 145 Å². The highest BCUT2D eigenvalue weighted by molar-refractivity contribution is 7.17. The Bertz CT molecular complexity index is 859. The van der Waals surface area contributed by atoms with Gasteiger partial charge in [0.2, 0.25) is 11.8 Å². The van der Waals surface area contributed by atoms with E-state index in [1.165, 1.54) is 31.2 Å². The Morgan fingerprint density at radius 1 is 1.16 bits per heavy atom. The van der Waals surface area contributed by atoms with Crippen molar-refractivity contribution >= 4 is 39.9 Å². The number of aromatic carboxylic acids is 1. The summed E-state index contributed by atoms with van der Waals surface area (Å²) in [5.41, 5.74) is -0.519. The highest BCUT2D eigenvalue weighted by Crippen LogP contribution is 2.47. The van der Waals surface area contributed by atoms with E-state index in [9.17, 15) is 18.8 Å². The number of carbonyl (C=O) groups is 3. The third-order valence-electron chi connectivity index (χ3n) is 3.93. The average molecular weight is 363 g/mol. The van der Waals surface area contributed by atoms with E-state index in [2.05, 4.69) is 15.6 Å². The minimum absolute atomic E-state index is 0.0379. The van der Waals surface area contributed by atoms with Crippen molar-refractivity contribution in [1.82, 2.24) is 4.98 Å². The molecule has 3 rings (SSSR count). The smallest absolute Gasteiger partial charge is 0.347 e. The van der Waals surface area contributed by atoms with Crippen molar-refractivity contribution in [2.24, 2.45) is 5.41 Å². The van der Waals surface area contributed by atoms with Gasteiger partial charge in [-0.1, -0.05) is 11.3 Å². The van der Waals surface area contributed by atoms with Gasteiger partial charge in [-0.15, -0.1) is 0 Å². The van der Waals surface area contributed by atoms with Crippen LogP contribution in [0.1, 0.15) is 28.2 Å². The monoisotopic (exact) mass is 363 g/mol. The van der Waals surface area contributed by atoms with Crippen LogP contribution in [-0.2, 0) is 9.59 Å². The molecule has 0 aliphatic heterocycles. The number of hydrogen-bond donors (Lipinski definition) is 3. The number of thiazole rings is 1. The summed E-state index contributed by atoms with van der Waals surface area (Å²) >= 11 is 0.841. The van der Waals surface area contributed by atoms with E-state index in [4.69, 9.17) is 5.11 Å². The number of aryl methyl sites for hydroxylation is 1. The summed E-state index contributed by atoms with van der Waals surface area (Å²) in [7, 11) is 0. The Kier molecular flexibility index (Phi) is 4.25. The maximum absolute atomic E-state index is 12.9.